The van der Waals surface area contributed by atoms with Gasteiger partial charge in [-0.2, -0.15) is 5.10 Å². The van der Waals surface area contributed by atoms with Gasteiger partial charge in [0.2, 0.25) is 10.0 Å². The second-order valence-electron chi connectivity index (χ2n) is 8.09. The number of sulfonamides is 1. The molecule has 1 aromatic heterocycles. The molecule has 4 aromatic carbocycles. The summed E-state index contributed by atoms with van der Waals surface area (Å²) in [6.45, 7) is 3.82. The molecular weight excluding hydrogens is 515 g/mol. The molecule has 0 atom stereocenters. The Morgan fingerprint density at radius 1 is 0.946 bits per heavy atom. The number of hydrogen-bond donors (Lipinski definition) is 2. The van der Waals surface area contributed by atoms with E-state index in [0.29, 0.717) is 39.0 Å². The molecule has 0 saturated heterocycles. The Bertz CT molecular complexity index is 1720. The Hall–Kier alpha value is -4.05. The van der Waals surface area contributed by atoms with E-state index >= 15 is 4.39 Å². The first-order valence-electron chi connectivity index (χ1n) is 10.9. The third-order valence-corrected chi connectivity index (χ3v) is 6.89. The second-order valence-corrected chi connectivity index (χ2v) is 10.0. The number of halogens is 2. The first-order chi connectivity index (χ1) is 17.7. The highest BCUT2D eigenvalue weighted by Crippen LogP contribution is 2.34. The van der Waals surface area contributed by atoms with Crippen molar-refractivity contribution in [3.63, 3.8) is 0 Å². The van der Waals surface area contributed by atoms with Gasteiger partial charge in [-0.15, -0.1) is 0 Å². The Labute approximate surface area is 218 Å². The lowest BCUT2D eigenvalue weighted by Crippen LogP contribution is -2.13. The predicted octanol–water partition coefficient (Wildman–Crippen LogP) is 6.00. The number of nitrogens with two attached hydrogens (primary N) is 1. The summed E-state index contributed by atoms with van der Waals surface area (Å²) < 4.78 is 40.5. The highest BCUT2D eigenvalue weighted by atomic mass is 35.5. The van der Waals surface area contributed by atoms with Gasteiger partial charge in [-0.3, -0.25) is 0 Å². The number of carbonyl (C=O) groups excluding carboxylic acids is 1. The van der Waals surface area contributed by atoms with Gasteiger partial charge >= 0.3 is 0 Å². The summed E-state index contributed by atoms with van der Waals surface area (Å²) in [6, 6.07) is 24.1. The molecule has 5 aromatic rings. The number of aromatic nitrogens is 2. The zero-order valence-electron chi connectivity index (χ0n) is 19.7. The molecule has 0 amide bonds. The van der Waals surface area contributed by atoms with Crippen molar-refractivity contribution in [2.75, 3.05) is 5.32 Å². The lowest BCUT2D eigenvalue weighted by molar-refractivity contribution is -0.0980. The van der Waals surface area contributed by atoms with Crippen molar-refractivity contribution in [3.05, 3.63) is 101 Å². The van der Waals surface area contributed by atoms with Gasteiger partial charge in [-0.25, -0.2) is 22.6 Å². The Balaban J connectivity index is 0.00000156. The average molecular weight is 537 g/mol. The summed E-state index contributed by atoms with van der Waals surface area (Å²) in [5, 5.41) is 15.1. The highest BCUT2D eigenvalue weighted by molar-refractivity contribution is 7.89. The minimum absolute atomic E-state index is 0.0113. The maximum absolute atomic E-state index is 15.0. The van der Waals surface area contributed by atoms with Crippen LogP contribution < -0.4 is 10.5 Å². The van der Waals surface area contributed by atoms with Crippen LogP contribution in [0.4, 0.5) is 15.9 Å². The number of fused-ring (bicyclic) bond motifs is 1. The summed E-state index contributed by atoms with van der Waals surface area (Å²) in [5.41, 5.74) is 2.58. The van der Waals surface area contributed by atoms with Crippen LogP contribution in [-0.2, 0) is 14.8 Å². The normalized spacial score (nSPS) is 11.1. The molecule has 0 spiro atoms. The molecule has 188 valence electrons. The highest BCUT2D eigenvalue weighted by Gasteiger charge is 2.17. The van der Waals surface area contributed by atoms with E-state index < -0.39 is 15.8 Å². The zero-order chi connectivity index (χ0) is 26.7. The SMILES string of the molecule is C=O.Cc1cc(Nc2ccc(-c3ccccc3S(N)(=O)=O)cc2Cl)n(-c2cc3ccccc3cc2F)n1. The lowest BCUT2D eigenvalue weighted by Gasteiger charge is -2.14. The Kier molecular flexibility index (Phi) is 7.40. The number of rotatable bonds is 5. The molecule has 3 N–H and O–H groups in total. The molecule has 37 heavy (non-hydrogen) atoms. The molecule has 10 heteroatoms. The molecule has 0 bridgehead atoms. The molecule has 5 rings (SSSR count). The molecule has 0 radical (unpaired) electrons. The van der Waals surface area contributed by atoms with Crippen molar-refractivity contribution in [2.24, 2.45) is 5.14 Å². The molecule has 0 aliphatic rings. The number of aryl methyl sites for hydroxylation is 1. The van der Waals surface area contributed by atoms with Gasteiger partial charge in [-0.1, -0.05) is 60.1 Å². The van der Waals surface area contributed by atoms with Crippen LogP contribution in [0, 0.1) is 12.7 Å². The van der Waals surface area contributed by atoms with Crippen molar-refractivity contribution < 1.29 is 17.6 Å². The molecule has 0 unspecified atom stereocenters. The molecule has 1 heterocycles. The van der Waals surface area contributed by atoms with Crippen LogP contribution in [0.1, 0.15) is 5.69 Å². The molecule has 7 nitrogen and oxygen atoms in total. The third kappa shape index (κ3) is 5.39. The maximum atomic E-state index is 15.0. The van der Waals surface area contributed by atoms with Gasteiger partial charge < -0.3 is 10.1 Å². The predicted molar refractivity (Wildman–Crippen MR) is 144 cm³/mol. The monoisotopic (exact) mass is 536 g/mol. The van der Waals surface area contributed by atoms with Crippen LogP contribution in [-0.4, -0.2) is 25.0 Å². The average Bonchev–Trinajstić information content (AvgIpc) is 3.25. The summed E-state index contributed by atoms with van der Waals surface area (Å²) >= 11 is 6.56. The number of nitrogens with zero attached hydrogens (tertiary/aromatic N) is 2. The fourth-order valence-electron chi connectivity index (χ4n) is 4.01. The van der Waals surface area contributed by atoms with E-state index in [4.69, 9.17) is 21.5 Å². The standard InChI is InChI=1S/C26H20ClFN4O2S.CH2O/c1-16-12-26(32(31-16)24-15-18-7-3-2-6-17(18)14-22(24)28)30-23-11-10-19(13-21(23)27)20-8-4-5-9-25(20)35(29,33)34;1-2/h2-15,30H,1H3,(H2,29,33,34);1H2. The van der Waals surface area contributed by atoms with Crippen molar-refractivity contribution in [2.45, 2.75) is 11.8 Å². The van der Waals surface area contributed by atoms with Crippen LogP contribution in [0.25, 0.3) is 27.6 Å². The van der Waals surface area contributed by atoms with Crippen molar-refractivity contribution in [1.82, 2.24) is 9.78 Å². The number of anilines is 2. The molecular formula is C27H22ClFN4O3S. The van der Waals surface area contributed by atoms with E-state index in [0.717, 1.165) is 10.8 Å². The molecule has 0 fully saturated rings. The van der Waals surface area contributed by atoms with Crippen LogP contribution in [0.15, 0.2) is 89.8 Å². The summed E-state index contributed by atoms with van der Waals surface area (Å²) in [7, 11) is -3.91. The lowest BCUT2D eigenvalue weighted by atomic mass is 10.1. The van der Waals surface area contributed by atoms with Gasteiger partial charge in [0.05, 0.1) is 21.3 Å². The number of carbonyl (C=O) groups is 1. The number of hydrogen-bond acceptors (Lipinski definition) is 5. The van der Waals surface area contributed by atoms with Gasteiger partial charge in [0, 0.05) is 11.6 Å². The van der Waals surface area contributed by atoms with Gasteiger partial charge in [0.1, 0.15) is 24.1 Å². The van der Waals surface area contributed by atoms with Gasteiger partial charge in [0.15, 0.2) is 0 Å². The van der Waals surface area contributed by atoms with E-state index in [9.17, 15) is 8.42 Å². The smallest absolute Gasteiger partial charge is 0.238 e. The van der Waals surface area contributed by atoms with E-state index in [-0.39, 0.29) is 4.90 Å². The van der Waals surface area contributed by atoms with Crippen molar-refractivity contribution in [1.29, 1.82) is 0 Å². The largest absolute Gasteiger partial charge is 0.339 e. The fourth-order valence-corrected chi connectivity index (χ4v) is 5.00. The van der Waals surface area contributed by atoms with Crippen LogP contribution in [0.5, 0.6) is 0 Å². The van der Waals surface area contributed by atoms with E-state index in [2.05, 4.69) is 10.4 Å². The number of primary sulfonamides is 1. The summed E-state index contributed by atoms with van der Waals surface area (Å²) in [5.74, 6) is 0.118. The second kappa shape index (κ2) is 10.5. The zero-order valence-corrected chi connectivity index (χ0v) is 21.2. The van der Waals surface area contributed by atoms with Crippen LogP contribution >= 0.6 is 11.6 Å². The van der Waals surface area contributed by atoms with E-state index in [1.807, 2.05) is 38.0 Å². The third-order valence-electron chi connectivity index (χ3n) is 5.61. The summed E-state index contributed by atoms with van der Waals surface area (Å²) in [4.78, 5) is 8.01. The Morgan fingerprint density at radius 2 is 1.59 bits per heavy atom. The first-order valence-corrected chi connectivity index (χ1v) is 12.9. The fraction of sp³-hybridized carbons (Fsp3) is 0.0370. The quantitative estimate of drug-likeness (QED) is 0.286. The van der Waals surface area contributed by atoms with E-state index in [1.165, 1.54) is 16.8 Å². The minimum Gasteiger partial charge on any atom is -0.339 e. The topological polar surface area (TPSA) is 107 Å². The van der Waals surface area contributed by atoms with Crippen LogP contribution in [0.2, 0.25) is 5.02 Å². The van der Waals surface area contributed by atoms with Gasteiger partial charge in [-0.05, 0) is 53.6 Å². The van der Waals surface area contributed by atoms with Gasteiger partial charge in [0.25, 0.3) is 0 Å². The number of benzene rings is 4. The molecule has 0 saturated carbocycles. The van der Waals surface area contributed by atoms with Crippen molar-refractivity contribution in [3.8, 4) is 16.8 Å². The van der Waals surface area contributed by atoms with Crippen molar-refractivity contribution >= 4 is 50.7 Å². The van der Waals surface area contributed by atoms with Crippen LogP contribution in [0.3, 0.4) is 0 Å². The molecule has 0 aliphatic heterocycles. The summed E-state index contributed by atoms with van der Waals surface area (Å²) in [6.07, 6.45) is 0. The minimum atomic E-state index is -3.91. The molecule has 0 aliphatic carbocycles. The maximum Gasteiger partial charge on any atom is 0.238 e. The first kappa shape index (κ1) is 26.0. The Morgan fingerprint density at radius 3 is 2.27 bits per heavy atom. The number of nitrogens with one attached hydrogen (secondary N) is 1. The van der Waals surface area contributed by atoms with E-state index in [1.54, 1.807) is 48.5 Å².